The summed E-state index contributed by atoms with van der Waals surface area (Å²) >= 11 is 0. The zero-order chi connectivity index (χ0) is 19.7. The van der Waals surface area contributed by atoms with Crippen molar-refractivity contribution in [2.45, 2.75) is 45.2 Å². The first kappa shape index (κ1) is 25.0. The molecule has 1 heterocycles. The third-order valence-electron chi connectivity index (χ3n) is 4.84. The second kappa shape index (κ2) is 12.5. The summed E-state index contributed by atoms with van der Waals surface area (Å²) in [6.45, 7) is 11.3. The van der Waals surface area contributed by atoms with E-state index in [4.69, 9.17) is 4.74 Å². The maximum absolute atomic E-state index is 5.62. The molecule has 1 fully saturated rings. The fourth-order valence-electron chi connectivity index (χ4n) is 3.46. The van der Waals surface area contributed by atoms with Crippen molar-refractivity contribution in [3.63, 3.8) is 0 Å². The first-order valence-electron chi connectivity index (χ1n) is 10.0. The Morgan fingerprint density at radius 1 is 1.14 bits per heavy atom. The van der Waals surface area contributed by atoms with Crippen LogP contribution in [0.5, 0.6) is 5.75 Å². The summed E-state index contributed by atoms with van der Waals surface area (Å²) in [5.41, 5.74) is 1.36. The number of hydrogen-bond acceptors (Lipinski definition) is 4. The number of para-hydroxylation sites is 1. The van der Waals surface area contributed by atoms with Crippen molar-refractivity contribution in [1.82, 2.24) is 20.9 Å². The average molecular weight is 503 g/mol. The van der Waals surface area contributed by atoms with E-state index in [1.54, 1.807) is 7.11 Å². The molecule has 1 unspecified atom stereocenters. The highest BCUT2D eigenvalue weighted by atomic mass is 127. The number of methoxy groups -OCH3 is 1. The molecular weight excluding hydrogens is 465 g/mol. The van der Waals surface area contributed by atoms with Gasteiger partial charge in [-0.05, 0) is 52.8 Å². The highest BCUT2D eigenvalue weighted by molar-refractivity contribution is 14.0. The molecule has 3 N–H and O–H groups in total. The summed E-state index contributed by atoms with van der Waals surface area (Å²) in [6.07, 6.45) is 2.52. The van der Waals surface area contributed by atoms with Gasteiger partial charge in [-0.2, -0.15) is 0 Å². The highest BCUT2D eigenvalue weighted by Gasteiger charge is 2.26. The van der Waals surface area contributed by atoms with Crippen LogP contribution >= 0.6 is 24.0 Å². The number of nitrogens with one attached hydrogen (secondary N) is 3. The largest absolute Gasteiger partial charge is 0.496 e. The number of likely N-dealkylation sites (tertiary alicyclic amines) is 1. The number of hydrogen-bond donors (Lipinski definition) is 3. The molecule has 2 rings (SSSR count). The quantitative estimate of drug-likeness (QED) is 0.221. The molecule has 0 bridgehead atoms. The molecule has 7 heteroatoms. The first-order valence-corrected chi connectivity index (χ1v) is 10.0. The molecule has 28 heavy (non-hydrogen) atoms. The summed E-state index contributed by atoms with van der Waals surface area (Å²) in [5, 5.41) is 10.4. The predicted octanol–water partition coefficient (Wildman–Crippen LogP) is 3.00. The third kappa shape index (κ3) is 8.13. The Hall–Kier alpha value is -1.06. The molecule has 0 aliphatic carbocycles. The van der Waals surface area contributed by atoms with E-state index in [1.807, 2.05) is 19.2 Å². The number of rotatable bonds is 8. The fourth-order valence-corrected chi connectivity index (χ4v) is 3.46. The Bertz CT molecular complexity index is 597. The molecule has 1 atom stereocenters. The van der Waals surface area contributed by atoms with E-state index in [-0.39, 0.29) is 35.6 Å². The number of halogens is 1. The summed E-state index contributed by atoms with van der Waals surface area (Å²) in [5.74, 6) is 1.79. The smallest absolute Gasteiger partial charge is 0.191 e. The summed E-state index contributed by atoms with van der Waals surface area (Å²) in [7, 11) is 3.57. The van der Waals surface area contributed by atoms with Crippen molar-refractivity contribution in [1.29, 1.82) is 0 Å². The van der Waals surface area contributed by atoms with Gasteiger partial charge in [0.15, 0.2) is 5.96 Å². The molecule has 160 valence electrons. The van der Waals surface area contributed by atoms with Crippen molar-refractivity contribution < 1.29 is 4.74 Å². The standard InChI is InChI=1S/C21H37N5O.HI/c1-21(2,3)25-13-12-23-20(22-4)24-16-18(26-14-8-9-15-26)17-10-6-7-11-19(17)27-5;/h6-7,10-11,18,25H,8-9,12-16H2,1-5H3,(H2,22,23,24);1H. The number of nitrogens with zero attached hydrogens (tertiary/aromatic N) is 2. The maximum Gasteiger partial charge on any atom is 0.191 e. The Balaban J connectivity index is 0.00000392. The van der Waals surface area contributed by atoms with Crippen LogP contribution in [0.2, 0.25) is 0 Å². The Morgan fingerprint density at radius 3 is 2.43 bits per heavy atom. The van der Waals surface area contributed by atoms with Crippen LogP contribution in [-0.2, 0) is 0 Å². The maximum atomic E-state index is 5.62. The topological polar surface area (TPSA) is 60.9 Å². The zero-order valence-electron chi connectivity index (χ0n) is 18.0. The van der Waals surface area contributed by atoms with Crippen LogP contribution in [0.25, 0.3) is 0 Å². The van der Waals surface area contributed by atoms with E-state index < -0.39 is 0 Å². The van der Waals surface area contributed by atoms with Crippen LogP contribution in [0.1, 0.15) is 45.2 Å². The number of aliphatic imine (C=N–C) groups is 1. The Labute approximate surface area is 187 Å². The number of guanidine groups is 1. The monoisotopic (exact) mass is 503 g/mol. The normalized spacial score (nSPS) is 16.4. The SMILES string of the molecule is CN=C(NCCNC(C)(C)C)NCC(c1ccccc1OC)N1CCCC1.I. The Morgan fingerprint density at radius 2 is 1.82 bits per heavy atom. The van der Waals surface area contributed by atoms with Crippen molar-refractivity contribution in [3.8, 4) is 5.75 Å². The minimum Gasteiger partial charge on any atom is -0.496 e. The summed E-state index contributed by atoms with van der Waals surface area (Å²) < 4.78 is 5.62. The van der Waals surface area contributed by atoms with E-state index in [0.29, 0.717) is 0 Å². The second-order valence-corrected chi connectivity index (χ2v) is 8.06. The van der Waals surface area contributed by atoms with Gasteiger partial charge in [-0.1, -0.05) is 18.2 Å². The minimum absolute atomic E-state index is 0. The molecule has 0 spiro atoms. The lowest BCUT2D eigenvalue weighted by Crippen LogP contribution is -2.46. The van der Waals surface area contributed by atoms with E-state index in [2.05, 4.69) is 58.7 Å². The molecule has 1 aliphatic rings. The first-order chi connectivity index (χ1) is 12.9. The van der Waals surface area contributed by atoms with Crippen LogP contribution in [0.3, 0.4) is 0 Å². The Kier molecular flexibility index (Phi) is 11.1. The summed E-state index contributed by atoms with van der Waals surface area (Å²) in [6, 6.07) is 8.61. The van der Waals surface area contributed by atoms with Crippen LogP contribution in [0.15, 0.2) is 29.3 Å². The van der Waals surface area contributed by atoms with Gasteiger partial charge in [0.05, 0.1) is 13.2 Å². The van der Waals surface area contributed by atoms with Crippen LogP contribution in [0.4, 0.5) is 0 Å². The molecule has 1 saturated heterocycles. The van der Waals surface area contributed by atoms with E-state index in [0.717, 1.165) is 44.4 Å². The zero-order valence-corrected chi connectivity index (χ0v) is 20.4. The molecule has 1 aromatic carbocycles. The van der Waals surface area contributed by atoms with E-state index in [9.17, 15) is 0 Å². The van der Waals surface area contributed by atoms with Gasteiger partial charge >= 0.3 is 0 Å². The minimum atomic E-state index is 0. The molecule has 1 aliphatic heterocycles. The van der Waals surface area contributed by atoms with Crippen LogP contribution in [0, 0.1) is 0 Å². The predicted molar refractivity (Wildman–Crippen MR) is 129 cm³/mol. The van der Waals surface area contributed by atoms with Crippen molar-refractivity contribution >= 4 is 29.9 Å². The molecule has 0 saturated carbocycles. The van der Waals surface area contributed by atoms with Crippen LogP contribution in [-0.4, -0.2) is 63.3 Å². The molecular formula is C21H38IN5O. The molecule has 0 amide bonds. The average Bonchev–Trinajstić information content (AvgIpc) is 3.17. The van der Waals surface area contributed by atoms with Gasteiger partial charge in [0.1, 0.15) is 5.75 Å². The van der Waals surface area contributed by atoms with Crippen molar-refractivity contribution in [2.75, 3.05) is 46.9 Å². The lowest BCUT2D eigenvalue weighted by Gasteiger charge is -2.30. The van der Waals surface area contributed by atoms with Gasteiger partial charge in [0.2, 0.25) is 0 Å². The molecule has 0 aromatic heterocycles. The van der Waals surface area contributed by atoms with Gasteiger partial charge in [-0.25, -0.2) is 0 Å². The van der Waals surface area contributed by atoms with Crippen LogP contribution < -0.4 is 20.7 Å². The molecule has 1 aromatic rings. The van der Waals surface area contributed by atoms with Crippen molar-refractivity contribution in [3.05, 3.63) is 29.8 Å². The molecule has 6 nitrogen and oxygen atoms in total. The van der Waals surface area contributed by atoms with Gasteiger partial charge in [-0.15, -0.1) is 24.0 Å². The van der Waals surface area contributed by atoms with E-state index >= 15 is 0 Å². The third-order valence-corrected chi connectivity index (χ3v) is 4.84. The summed E-state index contributed by atoms with van der Waals surface area (Å²) in [4.78, 5) is 6.91. The van der Waals surface area contributed by atoms with Gasteiger partial charge in [0, 0.05) is 37.8 Å². The fraction of sp³-hybridized carbons (Fsp3) is 0.667. The van der Waals surface area contributed by atoms with Gasteiger partial charge in [-0.3, -0.25) is 9.89 Å². The number of benzene rings is 1. The van der Waals surface area contributed by atoms with Gasteiger partial charge in [0.25, 0.3) is 0 Å². The lowest BCUT2D eigenvalue weighted by atomic mass is 10.0. The number of ether oxygens (including phenoxy) is 1. The lowest BCUT2D eigenvalue weighted by molar-refractivity contribution is 0.239. The highest BCUT2D eigenvalue weighted by Crippen LogP contribution is 2.31. The molecule has 0 radical (unpaired) electrons. The van der Waals surface area contributed by atoms with Crippen molar-refractivity contribution in [2.24, 2.45) is 4.99 Å². The van der Waals surface area contributed by atoms with Gasteiger partial charge < -0.3 is 20.7 Å². The second-order valence-electron chi connectivity index (χ2n) is 8.06. The van der Waals surface area contributed by atoms with E-state index in [1.165, 1.54) is 18.4 Å².